The Morgan fingerprint density at radius 2 is 1.82 bits per heavy atom. The molecule has 116 valence electrons. The third-order valence-corrected chi connectivity index (χ3v) is 5.63. The van der Waals surface area contributed by atoms with E-state index in [1.54, 1.807) is 0 Å². The van der Waals surface area contributed by atoms with Crippen molar-refractivity contribution in [2.24, 2.45) is 11.3 Å². The van der Waals surface area contributed by atoms with E-state index in [0.29, 0.717) is 5.92 Å². The molecule has 0 spiro atoms. The first-order valence-corrected chi connectivity index (χ1v) is 8.12. The molecule has 1 fully saturated rings. The summed E-state index contributed by atoms with van der Waals surface area (Å²) in [6, 6.07) is 12.8. The summed E-state index contributed by atoms with van der Waals surface area (Å²) in [4.78, 5) is 0. The van der Waals surface area contributed by atoms with Gasteiger partial charge in [-0.1, -0.05) is 62.8 Å². The summed E-state index contributed by atoms with van der Waals surface area (Å²) in [5, 5.41) is 0. The highest BCUT2D eigenvalue weighted by atomic mass is 16.3. The molecule has 1 saturated carbocycles. The van der Waals surface area contributed by atoms with Crippen LogP contribution in [0.2, 0.25) is 0 Å². The van der Waals surface area contributed by atoms with Crippen molar-refractivity contribution >= 4 is 0 Å². The van der Waals surface area contributed by atoms with Gasteiger partial charge >= 0.3 is 0 Å². The van der Waals surface area contributed by atoms with Crippen molar-refractivity contribution in [2.75, 3.05) is 0 Å². The standard InChI is InChI=1S/C21H26O/c1-15(2)11-19-20(3,4)21(19,5)17-13-18(22-14-17)12-16-9-7-6-8-10-16/h6-11,13-14,19H,12H2,1-5H3. The molecule has 2 atom stereocenters. The molecule has 0 saturated heterocycles. The van der Waals surface area contributed by atoms with E-state index in [2.05, 4.69) is 77.1 Å². The van der Waals surface area contributed by atoms with Crippen LogP contribution < -0.4 is 0 Å². The van der Waals surface area contributed by atoms with Crippen molar-refractivity contribution in [3.63, 3.8) is 0 Å². The highest BCUT2D eigenvalue weighted by Crippen LogP contribution is 2.70. The Labute approximate surface area is 134 Å². The van der Waals surface area contributed by atoms with E-state index in [1.165, 1.54) is 16.7 Å². The van der Waals surface area contributed by atoms with Crippen molar-refractivity contribution in [1.82, 2.24) is 0 Å². The summed E-state index contributed by atoms with van der Waals surface area (Å²) in [7, 11) is 0. The SMILES string of the molecule is CC(C)=CC1C(C)(C)C1(C)c1coc(Cc2ccccc2)c1. The Morgan fingerprint density at radius 1 is 1.14 bits per heavy atom. The van der Waals surface area contributed by atoms with Gasteiger partial charge in [0.25, 0.3) is 0 Å². The van der Waals surface area contributed by atoms with E-state index in [4.69, 9.17) is 4.42 Å². The maximum atomic E-state index is 5.86. The van der Waals surface area contributed by atoms with Gasteiger partial charge in [0.15, 0.2) is 0 Å². The first-order chi connectivity index (χ1) is 10.4. The van der Waals surface area contributed by atoms with Crippen LogP contribution in [0.3, 0.4) is 0 Å². The van der Waals surface area contributed by atoms with Crippen molar-refractivity contribution < 1.29 is 4.42 Å². The fraction of sp³-hybridized carbons (Fsp3) is 0.429. The largest absolute Gasteiger partial charge is 0.469 e. The lowest BCUT2D eigenvalue weighted by Crippen LogP contribution is -2.08. The molecule has 1 aromatic heterocycles. The van der Waals surface area contributed by atoms with Crippen molar-refractivity contribution in [3.05, 3.63) is 71.2 Å². The lowest BCUT2D eigenvalue weighted by atomic mass is 9.91. The fourth-order valence-electron chi connectivity index (χ4n) is 3.83. The van der Waals surface area contributed by atoms with Crippen molar-refractivity contribution in [3.8, 4) is 0 Å². The van der Waals surface area contributed by atoms with Crippen molar-refractivity contribution in [1.29, 1.82) is 0 Å². The Hall–Kier alpha value is -1.76. The molecule has 2 aromatic rings. The van der Waals surface area contributed by atoms with E-state index in [9.17, 15) is 0 Å². The lowest BCUT2D eigenvalue weighted by Gasteiger charge is -2.11. The molecular weight excluding hydrogens is 268 g/mol. The van der Waals surface area contributed by atoms with Crippen LogP contribution >= 0.6 is 0 Å². The van der Waals surface area contributed by atoms with Crippen LogP contribution in [-0.4, -0.2) is 0 Å². The maximum Gasteiger partial charge on any atom is 0.108 e. The number of allylic oxidation sites excluding steroid dienone is 2. The number of rotatable bonds is 4. The van der Waals surface area contributed by atoms with Crippen LogP contribution in [0.15, 0.2) is 58.7 Å². The normalized spacial score (nSPS) is 25.8. The molecule has 1 aromatic carbocycles. The number of hydrogen-bond donors (Lipinski definition) is 0. The van der Waals surface area contributed by atoms with Gasteiger partial charge in [-0.05, 0) is 42.4 Å². The van der Waals surface area contributed by atoms with E-state index < -0.39 is 0 Å². The molecule has 1 heterocycles. The Bertz CT molecular complexity index is 686. The van der Waals surface area contributed by atoms with E-state index >= 15 is 0 Å². The van der Waals surface area contributed by atoms with Crippen LogP contribution in [-0.2, 0) is 11.8 Å². The summed E-state index contributed by atoms with van der Waals surface area (Å²) < 4.78 is 5.86. The van der Waals surface area contributed by atoms with Crippen molar-refractivity contribution in [2.45, 2.75) is 46.5 Å². The van der Waals surface area contributed by atoms with Gasteiger partial charge < -0.3 is 4.42 Å². The molecule has 3 rings (SSSR count). The second-order valence-electron chi connectivity index (χ2n) is 7.61. The van der Waals surface area contributed by atoms with Crippen LogP contribution in [0.5, 0.6) is 0 Å². The predicted octanol–water partition coefficient (Wildman–Crippen LogP) is 5.75. The minimum atomic E-state index is 0.183. The van der Waals surface area contributed by atoms with Gasteiger partial charge in [0.2, 0.25) is 0 Å². The zero-order chi connectivity index (χ0) is 16.0. The third-order valence-electron chi connectivity index (χ3n) is 5.63. The molecule has 0 bridgehead atoms. The fourth-order valence-corrected chi connectivity index (χ4v) is 3.83. The second kappa shape index (κ2) is 5.15. The topological polar surface area (TPSA) is 13.1 Å². The first-order valence-electron chi connectivity index (χ1n) is 8.12. The molecule has 0 N–H and O–H groups in total. The van der Waals surface area contributed by atoms with Gasteiger partial charge in [-0.25, -0.2) is 0 Å². The minimum absolute atomic E-state index is 0.183. The molecule has 0 amide bonds. The Morgan fingerprint density at radius 3 is 2.45 bits per heavy atom. The summed E-state index contributed by atoms with van der Waals surface area (Å²) in [5.74, 6) is 1.65. The molecule has 1 aliphatic carbocycles. The zero-order valence-electron chi connectivity index (χ0n) is 14.3. The monoisotopic (exact) mass is 294 g/mol. The van der Waals surface area contributed by atoms with Gasteiger partial charge in [-0.15, -0.1) is 0 Å². The molecule has 0 aliphatic heterocycles. The quantitative estimate of drug-likeness (QED) is 0.654. The van der Waals surface area contributed by atoms with Crippen LogP contribution in [0, 0.1) is 11.3 Å². The molecule has 22 heavy (non-hydrogen) atoms. The number of hydrogen-bond acceptors (Lipinski definition) is 1. The van der Waals surface area contributed by atoms with E-state index in [0.717, 1.165) is 12.2 Å². The molecule has 1 aliphatic rings. The molecule has 0 radical (unpaired) electrons. The molecule has 2 unspecified atom stereocenters. The number of furan rings is 1. The van der Waals surface area contributed by atoms with E-state index in [1.807, 2.05) is 6.26 Å². The zero-order valence-corrected chi connectivity index (χ0v) is 14.3. The smallest absolute Gasteiger partial charge is 0.108 e. The number of benzene rings is 1. The first kappa shape index (κ1) is 15.1. The van der Waals surface area contributed by atoms with Gasteiger partial charge in [0.05, 0.1) is 6.26 Å². The second-order valence-corrected chi connectivity index (χ2v) is 7.61. The average molecular weight is 294 g/mol. The average Bonchev–Trinajstić information content (AvgIpc) is 2.84. The minimum Gasteiger partial charge on any atom is -0.469 e. The van der Waals surface area contributed by atoms with Gasteiger partial charge in [0, 0.05) is 11.8 Å². The Kier molecular flexibility index (Phi) is 3.55. The third kappa shape index (κ3) is 2.33. The maximum absolute atomic E-state index is 5.86. The highest BCUT2D eigenvalue weighted by molar-refractivity contribution is 5.42. The highest BCUT2D eigenvalue weighted by Gasteiger charge is 2.67. The van der Waals surface area contributed by atoms with Crippen LogP contribution in [0.25, 0.3) is 0 Å². The molecular formula is C21H26O. The summed E-state index contributed by atoms with van der Waals surface area (Å²) in [5.41, 5.74) is 4.51. The molecule has 1 nitrogen and oxygen atoms in total. The van der Waals surface area contributed by atoms with Gasteiger partial charge in [-0.2, -0.15) is 0 Å². The van der Waals surface area contributed by atoms with Crippen LogP contribution in [0.1, 0.15) is 51.5 Å². The Balaban J connectivity index is 1.84. The summed E-state index contributed by atoms with van der Waals surface area (Å²) in [6.07, 6.45) is 5.26. The van der Waals surface area contributed by atoms with Crippen LogP contribution in [0.4, 0.5) is 0 Å². The summed E-state index contributed by atoms with van der Waals surface area (Å²) in [6.45, 7) is 11.5. The molecule has 1 heteroatoms. The van der Waals surface area contributed by atoms with Gasteiger partial charge in [0.1, 0.15) is 5.76 Å². The predicted molar refractivity (Wildman–Crippen MR) is 92.0 cm³/mol. The lowest BCUT2D eigenvalue weighted by molar-refractivity contribution is 0.498. The summed E-state index contributed by atoms with van der Waals surface area (Å²) >= 11 is 0. The van der Waals surface area contributed by atoms with E-state index in [-0.39, 0.29) is 10.8 Å². The van der Waals surface area contributed by atoms with Gasteiger partial charge in [-0.3, -0.25) is 0 Å².